The number of ether oxygens (including phenoxy) is 2. The second kappa shape index (κ2) is 9.11. The molecule has 1 aromatic heterocycles. The molecule has 2 aliphatic heterocycles. The van der Waals surface area contributed by atoms with E-state index < -0.39 is 35.6 Å². The van der Waals surface area contributed by atoms with Crippen LogP contribution >= 0.6 is 0 Å². The van der Waals surface area contributed by atoms with Gasteiger partial charge in [-0.3, -0.25) is 4.57 Å². The first-order chi connectivity index (χ1) is 17.1. The van der Waals surface area contributed by atoms with Crippen molar-refractivity contribution in [2.45, 2.75) is 49.4 Å². The normalized spacial score (nSPS) is 24.8. The van der Waals surface area contributed by atoms with E-state index in [1.807, 2.05) is 30.3 Å². The van der Waals surface area contributed by atoms with Crippen LogP contribution in [0.2, 0.25) is 0 Å². The molecule has 3 aromatic rings. The lowest BCUT2D eigenvalue weighted by Crippen LogP contribution is -2.48. The van der Waals surface area contributed by atoms with Gasteiger partial charge in [0, 0.05) is 29.6 Å². The third-order valence-corrected chi connectivity index (χ3v) is 6.78. The van der Waals surface area contributed by atoms with Gasteiger partial charge in [0.15, 0.2) is 0 Å². The van der Waals surface area contributed by atoms with Crippen molar-refractivity contribution in [2.75, 3.05) is 13.2 Å². The van der Waals surface area contributed by atoms with E-state index in [2.05, 4.69) is 15.0 Å². The molecule has 0 saturated carbocycles. The Morgan fingerprint density at radius 3 is 2.56 bits per heavy atom. The fourth-order valence-corrected chi connectivity index (χ4v) is 5.35. The minimum Gasteiger partial charge on any atom is -0.405 e. The summed E-state index contributed by atoms with van der Waals surface area (Å²) in [6.07, 6.45) is -5.67. The number of piperidine rings is 1. The Morgan fingerprint density at radius 1 is 1.06 bits per heavy atom. The zero-order chi connectivity index (χ0) is 25.6. The summed E-state index contributed by atoms with van der Waals surface area (Å²) in [6, 6.07) is 13.0. The lowest BCUT2D eigenvalue weighted by atomic mass is 9.77. The number of hydrogen-bond donors (Lipinski definition) is 1. The van der Waals surface area contributed by atoms with Crippen LogP contribution in [0.5, 0.6) is 5.75 Å². The van der Waals surface area contributed by atoms with Gasteiger partial charge < -0.3 is 14.8 Å². The zero-order valence-electron chi connectivity index (χ0n) is 18.9. The summed E-state index contributed by atoms with van der Waals surface area (Å²) >= 11 is 0. The van der Waals surface area contributed by atoms with E-state index in [0.717, 1.165) is 47.6 Å². The Kier molecular flexibility index (Phi) is 6.24. The molecular weight excluding hydrogens is 488 g/mol. The van der Waals surface area contributed by atoms with Crippen molar-refractivity contribution in [1.82, 2.24) is 14.9 Å². The quantitative estimate of drug-likeness (QED) is 0.427. The average Bonchev–Trinajstić information content (AvgIpc) is 3.48. The predicted molar refractivity (Wildman–Crippen MR) is 118 cm³/mol. The maximum Gasteiger partial charge on any atom is 0.573 e. The Balaban J connectivity index is 1.53. The summed E-state index contributed by atoms with van der Waals surface area (Å²) < 4.78 is 91.3. The van der Waals surface area contributed by atoms with Gasteiger partial charge >= 0.3 is 12.5 Å². The highest BCUT2D eigenvalue weighted by Gasteiger charge is 2.49. The van der Waals surface area contributed by atoms with Gasteiger partial charge in [-0.25, -0.2) is 4.98 Å². The van der Waals surface area contributed by atoms with Crippen molar-refractivity contribution in [3.63, 3.8) is 0 Å². The topological polar surface area (TPSA) is 48.3 Å². The molecule has 3 heterocycles. The van der Waals surface area contributed by atoms with Gasteiger partial charge in [-0.2, -0.15) is 13.2 Å². The van der Waals surface area contributed by atoms with Crippen LogP contribution in [0.4, 0.5) is 26.3 Å². The third kappa shape index (κ3) is 4.81. The molecule has 0 aliphatic carbocycles. The van der Waals surface area contributed by atoms with Crippen molar-refractivity contribution in [3.8, 4) is 11.4 Å². The number of nitrogens with zero attached hydrogens (tertiary/aromatic N) is 2. The Morgan fingerprint density at radius 2 is 1.83 bits per heavy atom. The highest BCUT2D eigenvalue weighted by atomic mass is 19.4. The molecule has 0 unspecified atom stereocenters. The molecule has 0 amide bonds. The van der Waals surface area contributed by atoms with Crippen molar-refractivity contribution in [3.05, 3.63) is 77.9 Å². The van der Waals surface area contributed by atoms with Crippen molar-refractivity contribution in [1.29, 1.82) is 0 Å². The Hall–Kier alpha value is -3.05. The highest BCUT2D eigenvalue weighted by Crippen LogP contribution is 2.50. The molecule has 5 rings (SSSR count). The molecular formula is C25H23F6N3O2. The van der Waals surface area contributed by atoms with E-state index in [9.17, 15) is 26.3 Å². The van der Waals surface area contributed by atoms with E-state index >= 15 is 0 Å². The van der Waals surface area contributed by atoms with Crippen LogP contribution < -0.4 is 10.1 Å². The summed E-state index contributed by atoms with van der Waals surface area (Å²) in [5.41, 5.74) is 0.515. The molecule has 0 bridgehead atoms. The molecule has 11 heteroatoms. The molecule has 2 saturated heterocycles. The second-order valence-corrected chi connectivity index (χ2v) is 9.07. The molecule has 2 aromatic carbocycles. The number of imidazole rings is 1. The fraction of sp³-hybridized carbons (Fsp3) is 0.400. The van der Waals surface area contributed by atoms with E-state index in [-0.39, 0.29) is 23.9 Å². The highest BCUT2D eigenvalue weighted by molar-refractivity contribution is 5.48. The molecule has 5 nitrogen and oxygen atoms in total. The van der Waals surface area contributed by atoms with Crippen LogP contribution in [0.15, 0.2) is 60.9 Å². The SMILES string of the molecule is FC(F)(F)Oc1ccc(-n2ccnc2C(F)(F)F)cc1[C@H]1CO[C@]2(CCCN[C@H]2c2ccccc2)C1. The van der Waals surface area contributed by atoms with Crippen molar-refractivity contribution < 1.29 is 35.8 Å². The van der Waals surface area contributed by atoms with Crippen LogP contribution in [0.1, 0.15) is 48.2 Å². The van der Waals surface area contributed by atoms with Crippen LogP contribution in [-0.2, 0) is 10.9 Å². The first-order valence-electron chi connectivity index (χ1n) is 11.5. The van der Waals surface area contributed by atoms with E-state index in [0.29, 0.717) is 12.8 Å². The number of benzene rings is 2. The molecule has 0 radical (unpaired) electrons. The predicted octanol–water partition coefficient (Wildman–Crippen LogP) is 6.16. The number of aromatic nitrogens is 2. The molecule has 192 valence electrons. The van der Waals surface area contributed by atoms with Gasteiger partial charge in [0.25, 0.3) is 0 Å². The number of halogens is 6. The standard InChI is InChI=1S/C25H23F6N3O2/c26-24(27,28)22-33-11-12-34(22)18-7-8-20(36-25(29,30)31)19(13-18)17-14-23(35-15-17)9-4-10-32-21(23)16-5-2-1-3-6-16/h1-3,5-8,11-13,17,21,32H,4,9-10,14-15H2/t17-,21+,23-/m1/s1. The minimum absolute atomic E-state index is 0.0340. The average molecular weight is 511 g/mol. The van der Waals surface area contributed by atoms with Crippen LogP contribution in [0, 0.1) is 0 Å². The number of hydrogen-bond acceptors (Lipinski definition) is 4. The molecule has 3 atom stereocenters. The number of alkyl halides is 6. The van der Waals surface area contributed by atoms with E-state index in [1.54, 1.807) is 0 Å². The van der Waals surface area contributed by atoms with Gasteiger partial charge in [-0.1, -0.05) is 30.3 Å². The third-order valence-electron chi connectivity index (χ3n) is 6.78. The number of nitrogens with one attached hydrogen (secondary N) is 1. The molecule has 1 N–H and O–H groups in total. The molecule has 36 heavy (non-hydrogen) atoms. The maximum absolute atomic E-state index is 13.4. The molecule has 2 aliphatic rings. The first-order valence-corrected chi connectivity index (χ1v) is 11.5. The fourth-order valence-electron chi connectivity index (χ4n) is 5.35. The first kappa shape index (κ1) is 24.6. The minimum atomic E-state index is -4.96. The molecule has 2 fully saturated rings. The second-order valence-electron chi connectivity index (χ2n) is 9.07. The smallest absolute Gasteiger partial charge is 0.405 e. The van der Waals surface area contributed by atoms with Gasteiger partial charge in [-0.05, 0) is 49.6 Å². The summed E-state index contributed by atoms with van der Waals surface area (Å²) in [5, 5.41) is 3.48. The van der Waals surface area contributed by atoms with Crippen molar-refractivity contribution in [2.24, 2.45) is 0 Å². The Labute approximate surface area is 203 Å². The Bertz CT molecular complexity index is 1210. The van der Waals surface area contributed by atoms with Crippen LogP contribution in [0.25, 0.3) is 5.69 Å². The van der Waals surface area contributed by atoms with E-state index in [1.165, 1.54) is 6.07 Å². The lowest BCUT2D eigenvalue weighted by molar-refractivity contribution is -0.275. The van der Waals surface area contributed by atoms with Gasteiger partial charge in [0.1, 0.15) is 5.75 Å². The van der Waals surface area contributed by atoms with E-state index in [4.69, 9.17) is 4.74 Å². The lowest BCUT2D eigenvalue weighted by Gasteiger charge is -2.41. The molecule has 1 spiro atoms. The van der Waals surface area contributed by atoms with Gasteiger partial charge in [0.05, 0.1) is 18.2 Å². The van der Waals surface area contributed by atoms with Crippen LogP contribution in [-0.4, -0.2) is 34.7 Å². The summed E-state index contributed by atoms with van der Waals surface area (Å²) in [7, 11) is 0. The van der Waals surface area contributed by atoms with Gasteiger partial charge in [0.2, 0.25) is 5.82 Å². The van der Waals surface area contributed by atoms with Crippen molar-refractivity contribution >= 4 is 0 Å². The zero-order valence-corrected chi connectivity index (χ0v) is 18.9. The maximum atomic E-state index is 13.4. The monoisotopic (exact) mass is 511 g/mol. The summed E-state index contributed by atoms with van der Waals surface area (Å²) in [6.45, 7) is 0.882. The summed E-state index contributed by atoms with van der Waals surface area (Å²) in [5.74, 6) is -2.14. The largest absolute Gasteiger partial charge is 0.573 e. The summed E-state index contributed by atoms with van der Waals surface area (Å²) in [4.78, 5) is 3.38. The van der Waals surface area contributed by atoms with Crippen LogP contribution in [0.3, 0.4) is 0 Å². The number of rotatable bonds is 4. The van der Waals surface area contributed by atoms with Gasteiger partial charge in [-0.15, -0.1) is 13.2 Å².